The van der Waals surface area contributed by atoms with Gasteiger partial charge in [0.2, 0.25) is 11.8 Å². The summed E-state index contributed by atoms with van der Waals surface area (Å²) in [5.41, 5.74) is 5.94. The van der Waals surface area contributed by atoms with Crippen LogP contribution in [0.2, 0.25) is 0 Å². The van der Waals surface area contributed by atoms with Crippen molar-refractivity contribution in [3.05, 3.63) is 0 Å². The molecule has 0 bridgehead atoms. The second-order valence-electron chi connectivity index (χ2n) is 8.08. The van der Waals surface area contributed by atoms with Gasteiger partial charge in [-0.05, 0) is 43.4 Å². The Balaban J connectivity index is 2.42. The van der Waals surface area contributed by atoms with E-state index < -0.39 is 18.1 Å². The molecule has 1 rings (SSSR count). The van der Waals surface area contributed by atoms with Crippen LogP contribution < -0.4 is 16.4 Å². The first-order chi connectivity index (χ1) is 12.7. The van der Waals surface area contributed by atoms with Crippen LogP contribution in [-0.4, -0.2) is 41.5 Å². The minimum Gasteiger partial charge on any atom is -0.480 e. The predicted octanol–water partition coefficient (Wildman–Crippen LogP) is 1.90. The second-order valence-corrected chi connectivity index (χ2v) is 8.08. The van der Waals surface area contributed by atoms with Gasteiger partial charge in [-0.3, -0.25) is 9.59 Å². The Morgan fingerprint density at radius 1 is 1.04 bits per heavy atom. The number of carbonyl (C=O) groups excluding carboxylic acids is 2. The lowest BCUT2D eigenvalue weighted by Crippen LogP contribution is -2.48. The average Bonchev–Trinajstić information content (AvgIpc) is 2.68. The van der Waals surface area contributed by atoms with E-state index in [0.29, 0.717) is 18.9 Å². The molecule has 5 N–H and O–H groups in total. The molecule has 7 nitrogen and oxygen atoms in total. The summed E-state index contributed by atoms with van der Waals surface area (Å²) in [6, 6.07) is -1.31. The highest BCUT2D eigenvalue weighted by Gasteiger charge is 2.31. The Morgan fingerprint density at radius 3 is 2.07 bits per heavy atom. The lowest BCUT2D eigenvalue weighted by molar-refractivity contribution is -0.144. The Hall–Kier alpha value is -1.63. The van der Waals surface area contributed by atoms with Gasteiger partial charge in [0.25, 0.3) is 0 Å². The molecule has 0 aliphatic heterocycles. The monoisotopic (exact) mass is 383 g/mol. The Morgan fingerprint density at radius 2 is 1.59 bits per heavy atom. The summed E-state index contributed by atoms with van der Waals surface area (Å²) in [5, 5.41) is 15.0. The van der Waals surface area contributed by atoms with E-state index in [-0.39, 0.29) is 29.6 Å². The summed E-state index contributed by atoms with van der Waals surface area (Å²) < 4.78 is 0. The lowest BCUT2D eigenvalue weighted by atomic mass is 9.81. The molecule has 0 aromatic heterocycles. The van der Waals surface area contributed by atoms with Gasteiger partial charge in [0.05, 0.1) is 6.04 Å². The minimum absolute atomic E-state index is 0.104. The SMILES string of the molecule is CC[C@@H](C)[C@H](NC(=O)C1CCC(CNC(=O)[C@@H](N)[C@@H](C)CC)CC1)C(=O)O. The maximum atomic E-state index is 12.4. The number of aliphatic carboxylic acids is 1. The van der Waals surface area contributed by atoms with Crippen LogP contribution in [0.3, 0.4) is 0 Å². The van der Waals surface area contributed by atoms with E-state index in [0.717, 1.165) is 32.1 Å². The molecule has 0 heterocycles. The Labute approximate surface area is 162 Å². The fourth-order valence-electron chi connectivity index (χ4n) is 3.46. The maximum absolute atomic E-state index is 12.4. The molecule has 1 saturated carbocycles. The van der Waals surface area contributed by atoms with E-state index in [1.54, 1.807) is 0 Å². The molecule has 0 aromatic rings. The second kappa shape index (κ2) is 11.3. The number of rotatable bonds is 10. The zero-order valence-corrected chi connectivity index (χ0v) is 17.2. The molecule has 0 unspecified atom stereocenters. The lowest BCUT2D eigenvalue weighted by Gasteiger charge is -2.30. The molecular weight excluding hydrogens is 346 g/mol. The van der Waals surface area contributed by atoms with Crippen molar-refractivity contribution >= 4 is 17.8 Å². The quantitative estimate of drug-likeness (QED) is 0.459. The minimum atomic E-state index is -0.980. The van der Waals surface area contributed by atoms with Crippen LogP contribution in [0.15, 0.2) is 0 Å². The largest absolute Gasteiger partial charge is 0.480 e. The first-order valence-corrected chi connectivity index (χ1v) is 10.3. The molecule has 156 valence electrons. The van der Waals surface area contributed by atoms with Crippen molar-refractivity contribution in [2.24, 2.45) is 29.4 Å². The van der Waals surface area contributed by atoms with Crippen molar-refractivity contribution < 1.29 is 19.5 Å². The van der Waals surface area contributed by atoms with Crippen molar-refractivity contribution in [2.45, 2.75) is 78.3 Å². The molecule has 0 spiro atoms. The molecule has 7 heteroatoms. The fourth-order valence-corrected chi connectivity index (χ4v) is 3.46. The van der Waals surface area contributed by atoms with E-state index in [9.17, 15) is 19.5 Å². The summed E-state index contributed by atoms with van der Waals surface area (Å²) in [6.07, 6.45) is 4.69. The molecule has 0 saturated heterocycles. The molecule has 1 fully saturated rings. The van der Waals surface area contributed by atoms with E-state index in [1.807, 2.05) is 27.7 Å². The first-order valence-electron chi connectivity index (χ1n) is 10.3. The Bertz CT molecular complexity index is 503. The number of hydrogen-bond acceptors (Lipinski definition) is 4. The van der Waals surface area contributed by atoms with Gasteiger partial charge in [-0.15, -0.1) is 0 Å². The van der Waals surface area contributed by atoms with E-state index >= 15 is 0 Å². The highest BCUT2D eigenvalue weighted by Crippen LogP contribution is 2.29. The molecule has 27 heavy (non-hydrogen) atoms. The van der Waals surface area contributed by atoms with Gasteiger partial charge >= 0.3 is 5.97 Å². The predicted molar refractivity (Wildman–Crippen MR) is 105 cm³/mol. The highest BCUT2D eigenvalue weighted by atomic mass is 16.4. The van der Waals surface area contributed by atoms with Gasteiger partial charge in [-0.25, -0.2) is 4.79 Å². The zero-order valence-electron chi connectivity index (χ0n) is 17.2. The molecule has 1 aliphatic carbocycles. The zero-order chi connectivity index (χ0) is 20.6. The number of amides is 2. The molecule has 4 atom stereocenters. The van der Waals surface area contributed by atoms with Gasteiger partial charge < -0.3 is 21.5 Å². The summed E-state index contributed by atoms with van der Waals surface area (Å²) >= 11 is 0. The van der Waals surface area contributed by atoms with Gasteiger partial charge in [-0.2, -0.15) is 0 Å². The van der Waals surface area contributed by atoms with Crippen LogP contribution in [0.5, 0.6) is 0 Å². The molecular formula is C20H37N3O4. The number of nitrogens with two attached hydrogens (primary N) is 1. The van der Waals surface area contributed by atoms with Crippen LogP contribution in [0.25, 0.3) is 0 Å². The smallest absolute Gasteiger partial charge is 0.326 e. The fraction of sp³-hybridized carbons (Fsp3) is 0.850. The van der Waals surface area contributed by atoms with Crippen molar-refractivity contribution in [3.63, 3.8) is 0 Å². The number of carbonyl (C=O) groups is 3. The van der Waals surface area contributed by atoms with Crippen molar-refractivity contribution in [3.8, 4) is 0 Å². The molecule has 1 aliphatic rings. The third kappa shape index (κ3) is 7.13. The van der Waals surface area contributed by atoms with Gasteiger partial charge in [0.1, 0.15) is 6.04 Å². The number of nitrogens with one attached hydrogen (secondary N) is 2. The van der Waals surface area contributed by atoms with Crippen molar-refractivity contribution in [1.29, 1.82) is 0 Å². The van der Waals surface area contributed by atoms with Gasteiger partial charge in [0.15, 0.2) is 0 Å². The topological polar surface area (TPSA) is 122 Å². The van der Waals surface area contributed by atoms with E-state index in [2.05, 4.69) is 10.6 Å². The van der Waals surface area contributed by atoms with E-state index in [4.69, 9.17) is 5.73 Å². The molecule has 0 aromatic carbocycles. The van der Waals surface area contributed by atoms with Gasteiger partial charge in [-0.1, -0.05) is 40.5 Å². The van der Waals surface area contributed by atoms with Crippen molar-refractivity contribution in [2.75, 3.05) is 6.54 Å². The Kier molecular flexibility index (Phi) is 9.77. The van der Waals surface area contributed by atoms with Crippen LogP contribution in [-0.2, 0) is 14.4 Å². The van der Waals surface area contributed by atoms with Crippen LogP contribution in [0, 0.1) is 23.7 Å². The molecule has 0 radical (unpaired) electrons. The standard InChI is InChI=1S/C20H37N3O4/c1-5-12(3)16(21)19(25)22-11-14-7-9-15(10-8-14)18(24)23-17(20(26)27)13(4)6-2/h12-17H,5-11,21H2,1-4H3,(H,22,25)(H,23,24)(H,26,27)/t12-,13+,14?,15?,16-,17-/m0/s1. The number of carboxylic acids is 1. The normalized spacial score (nSPS) is 24.3. The first kappa shape index (κ1) is 23.4. The number of hydrogen-bond donors (Lipinski definition) is 4. The third-order valence-corrected chi connectivity index (χ3v) is 6.12. The van der Waals surface area contributed by atoms with Crippen LogP contribution >= 0.6 is 0 Å². The summed E-state index contributed by atoms with van der Waals surface area (Å²) in [4.78, 5) is 35.9. The number of carboxylic acid groups (broad SMARTS) is 1. The third-order valence-electron chi connectivity index (χ3n) is 6.12. The maximum Gasteiger partial charge on any atom is 0.326 e. The summed E-state index contributed by atoms with van der Waals surface area (Å²) in [7, 11) is 0. The summed E-state index contributed by atoms with van der Waals surface area (Å²) in [5.74, 6) is -1.01. The van der Waals surface area contributed by atoms with E-state index in [1.165, 1.54) is 0 Å². The van der Waals surface area contributed by atoms with Gasteiger partial charge in [0, 0.05) is 12.5 Å². The van der Waals surface area contributed by atoms with Crippen LogP contribution in [0.4, 0.5) is 0 Å². The molecule has 2 amide bonds. The van der Waals surface area contributed by atoms with Crippen LogP contribution in [0.1, 0.15) is 66.2 Å². The average molecular weight is 384 g/mol. The highest BCUT2D eigenvalue weighted by molar-refractivity contribution is 5.85. The summed E-state index contributed by atoms with van der Waals surface area (Å²) in [6.45, 7) is 8.32. The van der Waals surface area contributed by atoms with Crippen molar-refractivity contribution in [1.82, 2.24) is 10.6 Å².